The maximum absolute atomic E-state index is 10.6. The summed E-state index contributed by atoms with van der Waals surface area (Å²) in [6.07, 6.45) is 16.4. The molecule has 0 aliphatic heterocycles. The van der Waals surface area contributed by atoms with Gasteiger partial charge in [-0.05, 0) is 81.4 Å². The molecule has 2 aliphatic rings. The lowest BCUT2D eigenvalue weighted by molar-refractivity contribution is 0.141. The molecule has 0 aromatic heterocycles. The normalized spacial score (nSPS) is 24.4. The average Bonchev–Trinajstić information content (AvgIpc) is 3.33. The summed E-state index contributed by atoms with van der Waals surface area (Å²) in [5.74, 6) is 1.55. The zero-order chi connectivity index (χ0) is 22.9. The van der Waals surface area contributed by atoms with E-state index in [4.69, 9.17) is 0 Å². The fourth-order valence-corrected chi connectivity index (χ4v) is 5.77. The molecule has 2 N–H and O–H groups in total. The third kappa shape index (κ3) is 7.16. The number of hydrogen-bond acceptors (Lipinski definition) is 2. The van der Waals surface area contributed by atoms with Crippen LogP contribution in [0.3, 0.4) is 0 Å². The highest BCUT2D eigenvalue weighted by molar-refractivity contribution is 5.23. The number of fused-ring (bicyclic) bond motifs is 1. The molecule has 176 valence electrons. The number of benzene rings is 2. The third-order valence-electron chi connectivity index (χ3n) is 7.51. The van der Waals surface area contributed by atoms with Crippen LogP contribution < -0.4 is 5.32 Å². The first kappa shape index (κ1) is 24.0. The number of hydrogen-bond donors (Lipinski definition) is 2. The summed E-state index contributed by atoms with van der Waals surface area (Å²) in [6.45, 7) is 4.22. The Morgan fingerprint density at radius 3 is 2.67 bits per heavy atom. The van der Waals surface area contributed by atoms with Crippen molar-refractivity contribution in [2.45, 2.75) is 70.9 Å². The van der Waals surface area contributed by atoms with Gasteiger partial charge in [0.05, 0.1) is 6.10 Å². The number of nitrogens with one attached hydrogen (secondary N) is 1. The van der Waals surface area contributed by atoms with Gasteiger partial charge in [0.1, 0.15) is 0 Å². The van der Waals surface area contributed by atoms with Gasteiger partial charge in [-0.3, -0.25) is 0 Å². The van der Waals surface area contributed by atoms with Crippen LogP contribution in [0.25, 0.3) is 0 Å². The molecule has 4 rings (SSSR count). The molecule has 0 bridgehead atoms. The van der Waals surface area contributed by atoms with Crippen LogP contribution in [0.4, 0.5) is 0 Å². The van der Waals surface area contributed by atoms with E-state index < -0.39 is 0 Å². The largest absolute Gasteiger partial charge is 0.392 e. The summed E-state index contributed by atoms with van der Waals surface area (Å²) >= 11 is 0. The molecule has 2 aliphatic carbocycles. The molecule has 1 saturated carbocycles. The first-order valence-electron chi connectivity index (χ1n) is 13.0. The number of aryl methyl sites for hydroxylation is 2. The summed E-state index contributed by atoms with van der Waals surface area (Å²) in [6, 6.07) is 19.4. The molecule has 0 heterocycles. The second kappa shape index (κ2) is 12.3. The number of allylic oxidation sites excluding steroid dienone is 3. The van der Waals surface area contributed by atoms with Crippen molar-refractivity contribution in [3.63, 3.8) is 0 Å². The molecule has 1 fully saturated rings. The highest BCUT2D eigenvalue weighted by Gasteiger charge is 2.42. The summed E-state index contributed by atoms with van der Waals surface area (Å²) in [5, 5.41) is 14.2. The van der Waals surface area contributed by atoms with E-state index in [1.807, 2.05) is 0 Å². The van der Waals surface area contributed by atoms with E-state index >= 15 is 0 Å². The van der Waals surface area contributed by atoms with E-state index in [0.717, 1.165) is 32.4 Å². The number of unbranched alkanes of at least 4 members (excludes halogenated alkanes) is 2. The lowest BCUT2D eigenvalue weighted by Gasteiger charge is -2.18. The maximum Gasteiger partial charge on any atom is 0.0611 e. The van der Waals surface area contributed by atoms with Crippen LogP contribution in [0.5, 0.6) is 0 Å². The molecular weight excluding hydrogens is 402 g/mol. The van der Waals surface area contributed by atoms with Crippen molar-refractivity contribution in [2.75, 3.05) is 6.54 Å². The Kier molecular flexibility index (Phi) is 8.97. The Hall–Kier alpha value is -2.16. The second-order valence-electron chi connectivity index (χ2n) is 10.2. The monoisotopic (exact) mass is 443 g/mol. The van der Waals surface area contributed by atoms with Crippen molar-refractivity contribution in [3.05, 3.63) is 95.1 Å². The molecule has 0 spiro atoms. The van der Waals surface area contributed by atoms with Gasteiger partial charge in [0.25, 0.3) is 0 Å². The molecule has 0 radical (unpaired) electrons. The lowest BCUT2D eigenvalue weighted by atomic mass is 9.88. The van der Waals surface area contributed by atoms with Gasteiger partial charge in [0.2, 0.25) is 0 Å². The van der Waals surface area contributed by atoms with Crippen LogP contribution >= 0.6 is 0 Å². The van der Waals surface area contributed by atoms with Gasteiger partial charge in [0.15, 0.2) is 0 Å². The average molecular weight is 444 g/mol. The van der Waals surface area contributed by atoms with Crippen molar-refractivity contribution >= 4 is 0 Å². The first-order valence-corrected chi connectivity index (χ1v) is 13.0. The SMILES string of the molecule is Cc1cccc(CC/C=C/[C@@H]2[C@H]3CC(CCCCCNCc4ccccc4)=C[C@H]3C[C@H]2O)c1. The van der Waals surface area contributed by atoms with E-state index in [9.17, 15) is 5.11 Å². The van der Waals surface area contributed by atoms with E-state index in [1.165, 1.54) is 48.8 Å². The lowest BCUT2D eigenvalue weighted by Crippen LogP contribution is -2.17. The van der Waals surface area contributed by atoms with Gasteiger partial charge in [-0.2, -0.15) is 0 Å². The topological polar surface area (TPSA) is 32.3 Å². The van der Waals surface area contributed by atoms with Gasteiger partial charge in [-0.25, -0.2) is 0 Å². The van der Waals surface area contributed by atoms with Crippen LogP contribution in [0.1, 0.15) is 61.6 Å². The minimum absolute atomic E-state index is 0.163. The molecule has 2 heteroatoms. The van der Waals surface area contributed by atoms with E-state index in [0.29, 0.717) is 17.8 Å². The molecule has 0 amide bonds. The zero-order valence-electron chi connectivity index (χ0n) is 20.3. The van der Waals surface area contributed by atoms with Gasteiger partial charge in [-0.1, -0.05) is 90.4 Å². The van der Waals surface area contributed by atoms with Gasteiger partial charge in [0, 0.05) is 12.5 Å². The first-order chi connectivity index (χ1) is 16.2. The Balaban J connectivity index is 1.12. The Morgan fingerprint density at radius 1 is 0.970 bits per heavy atom. The van der Waals surface area contributed by atoms with Gasteiger partial charge in [-0.15, -0.1) is 0 Å². The highest BCUT2D eigenvalue weighted by atomic mass is 16.3. The number of aliphatic hydroxyl groups excluding tert-OH is 1. The molecular formula is C31H41NO. The number of aliphatic hydroxyl groups is 1. The maximum atomic E-state index is 10.6. The minimum Gasteiger partial charge on any atom is -0.392 e. The van der Waals surface area contributed by atoms with Crippen LogP contribution in [0.2, 0.25) is 0 Å². The predicted octanol–water partition coefficient (Wildman–Crippen LogP) is 6.78. The second-order valence-corrected chi connectivity index (χ2v) is 10.2. The third-order valence-corrected chi connectivity index (χ3v) is 7.51. The molecule has 2 aromatic carbocycles. The van der Waals surface area contributed by atoms with E-state index in [1.54, 1.807) is 5.57 Å². The van der Waals surface area contributed by atoms with Crippen LogP contribution in [-0.2, 0) is 13.0 Å². The molecule has 33 heavy (non-hydrogen) atoms. The predicted molar refractivity (Wildman–Crippen MR) is 139 cm³/mol. The van der Waals surface area contributed by atoms with Crippen molar-refractivity contribution in [1.29, 1.82) is 0 Å². The standard InChI is InChI=1S/C31H41NO/c1-24-11-10-16-25(19-24)12-7-8-17-29-30-21-27(20-28(30)22-31(29)33)15-6-3-9-18-32-23-26-13-4-2-5-14-26/h2,4-5,8,10-11,13-14,16-17,19-20,28-33H,3,6-7,9,12,15,18,21-23H2,1H3/b17-8+/t28-,29+,30-,31+/m0/s1. The molecule has 4 atom stereocenters. The fraction of sp³-hybridized carbons (Fsp3) is 0.484. The summed E-state index contributed by atoms with van der Waals surface area (Å²) in [7, 11) is 0. The number of rotatable bonds is 12. The molecule has 0 saturated heterocycles. The van der Waals surface area contributed by atoms with Crippen LogP contribution in [0, 0.1) is 24.7 Å². The van der Waals surface area contributed by atoms with Gasteiger partial charge >= 0.3 is 0 Å². The van der Waals surface area contributed by atoms with Crippen molar-refractivity contribution in [3.8, 4) is 0 Å². The molecule has 2 aromatic rings. The molecule has 0 unspecified atom stereocenters. The van der Waals surface area contributed by atoms with Crippen LogP contribution in [-0.4, -0.2) is 17.8 Å². The van der Waals surface area contributed by atoms with Crippen molar-refractivity contribution in [1.82, 2.24) is 5.32 Å². The Labute approximate surface area is 200 Å². The summed E-state index contributed by atoms with van der Waals surface area (Å²) in [4.78, 5) is 0. The van der Waals surface area contributed by atoms with E-state index in [-0.39, 0.29) is 6.10 Å². The van der Waals surface area contributed by atoms with Crippen molar-refractivity contribution in [2.24, 2.45) is 17.8 Å². The highest BCUT2D eigenvalue weighted by Crippen LogP contribution is 2.48. The smallest absolute Gasteiger partial charge is 0.0611 e. The van der Waals surface area contributed by atoms with Crippen LogP contribution in [0.15, 0.2) is 78.4 Å². The van der Waals surface area contributed by atoms with E-state index in [2.05, 4.69) is 85.1 Å². The Bertz CT molecular complexity index is 916. The quantitative estimate of drug-likeness (QED) is 0.280. The zero-order valence-corrected chi connectivity index (χ0v) is 20.3. The van der Waals surface area contributed by atoms with Gasteiger partial charge < -0.3 is 10.4 Å². The summed E-state index contributed by atoms with van der Waals surface area (Å²) < 4.78 is 0. The van der Waals surface area contributed by atoms with Crippen molar-refractivity contribution < 1.29 is 5.11 Å². The Morgan fingerprint density at radius 2 is 1.82 bits per heavy atom. The summed E-state index contributed by atoms with van der Waals surface area (Å²) in [5.41, 5.74) is 5.75. The fourth-order valence-electron chi connectivity index (χ4n) is 5.77. The minimum atomic E-state index is -0.163. The molecule has 2 nitrogen and oxygen atoms in total.